The molecule has 0 saturated carbocycles. The van der Waals surface area contributed by atoms with Crippen molar-refractivity contribution in [2.45, 2.75) is 13.3 Å². The highest BCUT2D eigenvalue weighted by Crippen LogP contribution is 2.55. The highest BCUT2D eigenvalue weighted by atomic mass is 32.2. The predicted octanol–water partition coefficient (Wildman–Crippen LogP) is 4.16. The van der Waals surface area contributed by atoms with Crippen molar-refractivity contribution in [3.63, 3.8) is 0 Å². The standard InChI is InChI=1S/C9H10OS4/c1-2-6-4-11-8(13-6)9-12-5-7(3-10)14-9/h4-5,10H,2-3H2,1H3/b9-8+. The fourth-order valence-corrected chi connectivity index (χ4v) is 5.81. The highest BCUT2D eigenvalue weighted by Gasteiger charge is 2.20. The van der Waals surface area contributed by atoms with E-state index in [0.717, 1.165) is 11.3 Å². The Morgan fingerprint density at radius 3 is 2.07 bits per heavy atom. The zero-order valence-corrected chi connectivity index (χ0v) is 10.9. The van der Waals surface area contributed by atoms with E-state index in [1.807, 2.05) is 28.9 Å². The summed E-state index contributed by atoms with van der Waals surface area (Å²) in [5.74, 6) is 0. The summed E-state index contributed by atoms with van der Waals surface area (Å²) >= 11 is 7.11. The summed E-state index contributed by atoms with van der Waals surface area (Å²) < 4.78 is 2.69. The molecule has 0 amide bonds. The summed E-state index contributed by atoms with van der Waals surface area (Å²) in [4.78, 5) is 2.50. The van der Waals surface area contributed by atoms with Crippen molar-refractivity contribution in [2.24, 2.45) is 0 Å². The van der Waals surface area contributed by atoms with E-state index in [1.165, 1.54) is 13.4 Å². The first-order valence-electron chi connectivity index (χ1n) is 4.25. The van der Waals surface area contributed by atoms with E-state index in [9.17, 15) is 0 Å². The second-order valence-electron chi connectivity index (χ2n) is 2.69. The maximum Gasteiger partial charge on any atom is 0.0749 e. The lowest BCUT2D eigenvalue weighted by Gasteiger charge is -2.01. The summed E-state index contributed by atoms with van der Waals surface area (Å²) in [6, 6.07) is 0. The summed E-state index contributed by atoms with van der Waals surface area (Å²) in [5, 5.41) is 13.2. The van der Waals surface area contributed by atoms with Gasteiger partial charge in [0.05, 0.1) is 15.1 Å². The van der Waals surface area contributed by atoms with Crippen LogP contribution in [0.3, 0.4) is 0 Å². The minimum absolute atomic E-state index is 0.165. The number of aliphatic hydroxyl groups is 1. The Morgan fingerprint density at radius 1 is 1.07 bits per heavy atom. The molecule has 0 bridgehead atoms. The molecule has 76 valence electrons. The highest BCUT2D eigenvalue weighted by molar-refractivity contribution is 8.33. The Balaban J connectivity index is 2.01. The van der Waals surface area contributed by atoms with Crippen molar-refractivity contribution in [3.8, 4) is 0 Å². The van der Waals surface area contributed by atoms with Crippen LogP contribution in [0.25, 0.3) is 0 Å². The Labute approximate surface area is 101 Å². The van der Waals surface area contributed by atoms with E-state index in [2.05, 4.69) is 12.3 Å². The predicted molar refractivity (Wildman–Crippen MR) is 70.9 cm³/mol. The van der Waals surface area contributed by atoms with Gasteiger partial charge in [-0.05, 0) is 22.1 Å². The first kappa shape index (κ1) is 11.1. The molecule has 5 heteroatoms. The Hall–Kier alpha value is 0.580. The van der Waals surface area contributed by atoms with Crippen molar-refractivity contribution in [3.05, 3.63) is 29.1 Å². The lowest BCUT2D eigenvalue weighted by Crippen LogP contribution is -1.78. The molecule has 2 aliphatic rings. The second kappa shape index (κ2) is 5.07. The maximum atomic E-state index is 8.97. The first-order valence-corrected chi connectivity index (χ1v) is 7.65. The molecule has 1 nitrogen and oxygen atoms in total. The number of thioether (sulfide) groups is 4. The van der Waals surface area contributed by atoms with E-state index in [4.69, 9.17) is 5.11 Å². The molecule has 1 N–H and O–H groups in total. The van der Waals surface area contributed by atoms with Gasteiger partial charge in [0.25, 0.3) is 0 Å². The van der Waals surface area contributed by atoms with Crippen LogP contribution < -0.4 is 0 Å². The zero-order valence-electron chi connectivity index (χ0n) is 7.65. The number of hydrogen-bond acceptors (Lipinski definition) is 5. The maximum absolute atomic E-state index is 8.97. The van der Waals surface area contributed by atoms with Crippen LogP contribution in [0.4, 0.5) is 0 Å². The van der Waals surface area contributed by atoms with Crippen LogP contribution in [0, 0.1) is 0 Å². The van der Waals surface area contributed by atoms with Crippen LogP contribution in [0.15, 0.2) is 29.1 Å². The first-order chi connectivity index (χ1) is 6.83. The molecule has 0 aliphatic carbocycles. The van der Waals surface area contributed by atoms with Crippen LogP contribution in [-0.4, -0.2) is 11.7 Å². The van der Waals surface area contributed by atoms with E-state index in [-0.39, 0.29) is 6.61 Å². The fourth-order valence-electron chi connectivity index (χ4n) is 0.977. The van der Waals surface area contributed by atoms with Gasteiger partial charge in [0, 0.05) is 4.91 Å². The molecule has 0 atom stereocenters. The number of hydrogen-bond donors (Lipinski definition) is 1. The van der Waals surface area contributed by atoms with Gasteiger partial charge in [-0.2, -0.15) is 0 Å². The van der Waals surface area contributed by atoms with E-state index < -0.39 is 0 Å². The molecule has 2 aliphatic heterocycles. The molecular weight excluding hydrogens is 252 g/mol. The van der Waals surface area contributed by atoms with Crippen LogP contribution in [0.1, 0.15) is 13.3 Å². The Bertz CT molecular complexity index is 298. The van der Waals surface area contributed by atoms with E-state index in [0.29, 0.717) is 0 Å². The molecule has 14 heavy (non-hydrogen) atoms. The van der Waals surface area contributed by atoms with Gasteiger partial charge in [-0.1, -0.05) is 54.0 Å². The molecule has 0 aromatic carbocycles. The Morgan fingerprint density at radius 2 is 1.64 bits per heavy atom. The third-order valence-electron chi connectivity index (χ3n) is 1.71. The average Bonchev–Trinajstić information content (AvgIpc) is 2.86. The average molecular weight is 262 g/mol. The van der Waals surface area contributed by atoms with Crippen molar-refractivity contribution in [1.29, 1.82) is 0 Å². The molecular formula is C9H10OS4. The fraction of sp³-hybridized carbons (Fsp3) is 0.333. The van der Waals surface area contributed by atoms with Crippen molar-refractivity contribution < 1.29 is 5.11 Å². The van der Waals surface area contributed by atoms with Crippen molar-refractivity contribution >= 4 is 47.0 Å². The van der Waals surface area contributed by atoms with Crippen molar-refractivity contribution in [1.82, 2.24) is 0 Å². The monoisotopic (exact) mass is 262 g/mol. The van der Waals surface area contributed by atoms with Gasteiger partial charge in [-0.25, -0.2) is 0 Å². The van der Waals surface area contributed by atoms with Crippen molar-refractivity contribution in [2.75, 3.05) is 6.61 Å². The van der Waals surface area contributed by atoms with Crippen LogP contribution >= 0.6 is 47.0 Å². The number of allylic oxidation sites excluding steroid dienone is 1. The lowest BCUT2D eigenvalue weighted by atomic mass is 10.5. The normalized spacial score (nSPS) is 26.7. The van der Waals surface area contributed by atoms with Gasteiger partial charge < -0.3 is 5.11 Å². The summed E-state index contributed by atoms with van der Waals surface area (Å²) in [6.07, 6.45) is 1.12. The molecule has 0 aromatic rings. The second-order valence-corrected chi connectivity index (χ2v) is 7.24. The SMILES string of the molecule is CCC1=CS/C(=C2/SC=C(CO)S2)S1. The minimum Gasteiger partial charge on any atom is -0.391 e. The van der Waals surface area contributed by atoms with Gasteiger partial charge in [0.2, 0.25) is 0 Å². The molecule has 0 aromatic heterocycles. The van der Waals surface area contributed by atoms with E-state index >= 15 is 0 Å². The summed E-state index contributed by atoms with van der Waals surface area (Å²) in [6.45, 7) is 2.34. The molecule has 2 heterocycles. The van der Waals surface area contributed by atoms with Crippen LogP contribution in [0.5, 0.6) is 0 Å². The topological polar surface area (TPSA) is 20.2 Å². The molecule has 0 saturated heterocycles. The van der Waals surface area contributed by atoms with Gasteiger partial charge in [-0.15, -0.1) is 0 Å². The van der Waals surface area contributed by atoms with Gasteiger partial charge >= 0.3 is 0 Å². The smallest absolute Gasteiger partial charge is 0.0749 e. The molecule has 0 unspecified atom stereocenters. The van der Waals surface area contributed by atoms with Gasteiger partial charge in [0.1, 0.15) is 0 Å². The number of aliphatic hydroxyl groups excluding tert-OH is 1. The van der Waals surface area contributed by atoms with Gasteiger partial charge in [-0.3, -0.25) is 0 Å². The molecule has 0 spiro atoms. The lowest BCUT2D eigenvalue weighted by molar-refractivity contribution is 0.340. The zero-order chi connectivity index (χ0) is 9.97. The van der Waals surface area contributed by atoms with E-state index in [1.54, 1.807) is 23.5 Å². The number of rotatable bonds is 2. The molecule has 2 rings (SSSR count). The van der Waals surface area contributed by atoms with Gasteiger partial charge in [0.15, 0.2) is 0 Å². The Kier molecular flexibility index (Phi) is 4.01. The quantitative estimate of drug-likeness (QED) is 0.804. The third kappa shape index (κ3) is 2.39. The largest absolute Gasteiger partial charge is 0.391 e. The molecule has 0 fully saturated rings. The van der Waals surface area contributed by atoms with Crippen LogP contribution in [0.2, 0.25) is 0 Å². The minimum atomic E-state index is 0.165. The van der Waals surface area contributed by atoms with Crippen LogP contribution in [-0.2, 0) is 0 Å². The third-order valence-corrected chi connectivity index (χ3v) is 7.20. The summed E-state index contributed by atoms with van der Waals surface area (Å²) in [5.41, 5.74) is 0. The molecule has 0 radical (unpaired) electrons. The summed E-state index contributed by atoms with van der Waals surface area (Å²) in [7, 11) is 0.